The van der Waals surface area contributed by atoms with Crippen molar-refractivity contribution in [2.75, 3.05) is 6.61 Å². The maximum Gasteiger partial charge on any atom is 0.265 e. The first-order chi connectivity index (χ1) is 7.43. The number of sulfonamides is 1. The van der Waals surface area contributed by atoms with Crippen molar-refractivity contribution in [3.05, 3.63) is 23.5 Å². The van der Waals surface area contributed by atoms with Crippen molar-refractivity contribution in [3.8, 4) is 0 Å². The summed E-state index contributed by atoms with van der Waals surface area (Å²) in [5, 5.41) is -0.0804. The minimum Gasteiger partial charge on any atom is -0.287 e. The molecule has 0 bridgehead atoms. The maximum atomic E-state index is 11.7. The van der Waals surface area contributed by atoms with Crippen LogP contribution >= 0.6 is 11.6 Å². The molecule has 1 heterocycles. The number of hydrogen-bond donors (Lipinski definition) is 1. The zero-order chi connectivity index (χ0) is 12.2. The lowest BCUT2D eigenvalue weighted by Crippen LogP contribution is -2.26. The van der Waals surface area contributed by atoms with Gasteiger partial charge in [-0.1, -0.05) is 30.3 Å². The molecule has 0 atom stereocenters. The van der Waals surface area contributed by atoms with E-state index in [1.807, 2.05) is 18.7 Å². The highest BCUT2D eigenvalue weighted by atomic mass is 35.5. The van der Waals surface area contributed by atoms with Gasteiger partial charge in [-0.2, -0.15) is 0 Å². The predicted molar refractivity (Wildman–Crippen MR) is 60.4 cm³/mol. The molecule has 0 unspecified atom stereocenters. The molecule has 5 nitrogen and oxygen atoms in total. The Kier molecular flexibility index (Phi) is 4.67. The second-order valence-electron chi connectivity index (χ2n) is 3.58. The van der Waals surface area contributed by atoms with Crippen molar-refractivity contribution < 1.29 is 13.3 Å². The van der Waals surface area contributed by atoms with Crippen molar-refractivity contribution in [2.45, 2.75) is 18.7 Å². The summed E-state index contributed by atoms with van der Waals surface area (Å²) in [5.41, 5.74) is 0. The Morgan fingerprint density at radius 1 is 1.56 bits per heavy atom. The quantitative estimate of drug-likeness (QED) is 0.648. The number of halogens is 1. The van der Waals surface area contributed by atoms with Crippen LogP contribution in [0.2, 0.25) is 5.15 Å². The lowest BCUT2D eigenvalue weighted by Gasteiger charge is -2.09. The zero-order valence-electron chi connectivity index (χ0n) is 8.97. The number of nitrogens with zero attached hydrogens (tertiary/aromatic N) is 1. The van der Waals surface area contributed by atoms with Crippen molar-refractivity contribution >= 4 is 21.6 Å². The fourth-order valence-corrected chi connectivity index (χ4v) is 2.16. The van der Waals surface area contributed by atoms with Crippen LogP contribution in [0.15, 0.2) is 23.2 Å². The van der Waals surface area contributed by atoms with Crippen LogP contribution in [0.25, 0.3) is 0 Å². The lowest BCUT2D eigenvalue weighted by atomic mass is 10.2. The van der Waals surface area contributed by atoms with Gasteiger partial charge in [0, 0.05) is 6.20 Å². The van der Waals surface area contributed by atoms with E-state index in [2.05, 4.69) is 4.98 Å². The summed E-state index contributed by atoms with van der Waals surface area (Å²) in [6, 6.07) is 2.85. The van der Waals surface area contributed by atoms with Crippen LogP contribution in [0.5, 0.6) is 0 Å². The summed E-state index contributed by atoms with van der Waals surface area (Å²) < 4.78 is 23.3. The van der Waals surface area contributed by atoms with Gasteiger partial charge in [0.15, 0.2) is 0 Å². The van der Waals surface area contributed by atoms with Gasteiger partial charge in [-0.15, -0.1) is 0 Å². The SMILES string of the molecule is CC(C)CONS(=O)(=O)c1cccnc1Cl. The third-order valence-electron chi connectivity index (χ3n) is 1.60. The average molecular weight is 265 g/mol. The van der Waals surface area contributed by atoms with Crippen LogP contribution < -0.4 is 4.89 Å². The number of aromatic nitrogens is 1. The molecule has 0 radical (unpaired) electrons. The van der Waals surface area contributed by atoms with E-state index in [-0.39, 0.29) is 22.6 Å². The summed E-state index contributed by atoms with van der Waals surface area (Å²) in [5.74, 6) is 0.229. The molecule has 16 heavy (non-hydrogen) atoms. The molecule has 1 aromatic heterocycles. The second-order valence-corrected chi connectivity index (χ2v) is 5.56. The van der Waals surface area contributed by atoms with Gasteiger partial charge in [0.25, 0.3) is 10.0 Å². The van der Waals surface area contributed by atoms with E-state index in [0.29, 0.717) is 0 Å². The Bertz CT molecular complexity index is 448. The topological polar surface area (TPSA) is 68.3 Å². The number of nitrogens with one attached hydrogen (secondary N) is 1. The normalized spacial score (nSPS) is 12.0. The predicted octanol–water partition coefficient (Wildman–Crippen LogP) is 1.60. The first-order valence-corrected chi connectivity index (χ1v) is 6.53. The standard InChI is InChI=1S/C9H13ClN2O3S/c1-7(2)6-15-12-16(13,14)8-4-3-5-11-9(8)10/h3-5,7,12H,6H2,1-2H3. The van der Waals surface area contributed by atoms with Crippen molar-refractivity contribution in [2.24, 2.45) is 5.92 Å². The molecule has 0 aliphatic heterocycles. The van der Waals surface area contributed by atoms with E-state index in [0.717, 1.165) is 0 Å². The molecule has 0 aliphatic rings. The van der Waals surface area contributed by atoms with E-state index >= 15 is 0 Å². The smallest absolute Gasteiger partial charge is 0.265 e. The van der Waals surface area contributed by atoms with Crippen LogP contribution in [0.4, 0.5) is 0 Å². The monoisotopic (exact) mass is 264 g/mol. The molecule has 1 rings (SSSR count). The fraction of sp³-hybridized carbons (Fsp3) is 0.444. The lowest BCUT2D eigenvalue weighted by molar-refractivity contribution is 0.0718. The van der Waals surface area contributed by atoms with Crippen LogP contribution in [0.3, 0.4) is 0 Å². The van der Waals surface area contributed by atoms with Crippen molar-refractivity contribution in [1.82, 2.24) is 9.87 Å². The summed E-state index contributed by atoms with van der Waals surface area (Å²) in [6.07, 6.45) is 1.41. The van der Waals surface area contributed by atoms with E-state index < -0.39 is 10.0 Å². The first kappa shape index (κ1) is 13.4. The minimum atomic E-state index is -3.75. The van der Waals surface area contributed by atoms with E-state index in [1.165, 1.54) is 18.3 Å². The summed E-state index contributed by atoms with van der Waals surface area (Å²) in [4.78, 5) is 10.4. The van der Waals surface area contributed by atoms with Crippen LogP contribution in [-0.4, -0.2) is 20.0 Å². The van der Waals surface area contributed by atoms with Gasteiger partial charge in [-0.3, -0.25) is 4.84 Å². The molecule has 0 aliphatic carbocycles. The van der Waals surface area contributed by atoms with E-state index in [9.17, 15) is 8.42 Å². The molecule has 0 aromatic carbocycles. The van der Waals surface area contributed by atoms with Gasteiger partial charge >= 0.3 is 0 Å². The number of pyridine rings is 1. The Morgan fingerprint density at radius 3 is 2.81 bits per heavy atom. The molecule has 1 N–H and O–H groups in total. The average Bonchev–Trinajstić information content (AvgIpc) is 2.17. The van der Waals surface area contributed by atoms with Crippen molar-refractivity contribution in [1.29, 1.82) is 0 Å². The van der Waals surface area contributed by atoms with Crippen LogP contribution in [-0.2, 0) is 14.9 Å². The Labute approximate surface area is 99.8 Å². The molecule has 0 saturated heterocycles. The molecule has 0 saturated carbocycles. The third-order valence-corrected chi connectivity index (χ3v) is 3.26. The van der Waals surface area contributed by atoms with E-state index in [1.54, 1.807) is 0 Å². The van der Waals surface area contributed by atoms with Gasteiger partial charge in [0.2, 0.25) is 0 Å². The largest absolute Gasteiger partial charge is 0.287 e. The minimum absolute atomic E-state index is 0.0804. The van der Waals surface area contributed by atoms with Gasteiger partial charge in [-0.05, 0) is 18.1 Å². The van der Waals surface area contributed by atoms with Crippen molar-refractivity contribution in [3.63, 3.8) is 0 Å². The highest BCUT2D eigenvalue weighted by molar-refractivity contribution is 7.89. The molecular formula is C9H13ClN2O3S. The van der Waals surface area contributed by atoms with Crippen LogP contribution in [0.1, 0.15) is 13.8 Å². The number of rotatable bonds is 5. The fourth-order valence-electron chi connectivity index (χ4n) is 0.895. The maximum absolute atomic E-state index is 11.7. The van der Waals surface area contributed by atoms with Gasteiger partial charge in [0.05, 0.1) is 6.61 Å². The molecule has 0 spiro atoms. The van der Waals surface area contributed by atoms with Crippen LogP contribution in [0, 0.1) is 5.92 Å². The molecule has 7 heteroatoms. The zero-order valence-corrected chi connectivity index (χ0v) is 10.5. The number of hydrogen-bond acceptors (Lipinski definition) is 4. The highest BCUT2D eigenvalue weighted by Crippen LogP contribution is 2.17. The summed E-state index contributed by atoms with van der Waals surface area (Å²) in [6.45, 7) is 4.10. The molecule has 0 fully saturated rings. The third kappa shape index (κ3) is 3.71. The summed E-state index contributed by atoms with van der Waals surface area (Å²) in [7, 11) is -3.75. The first-order valence-electron chi connectivity index (χ1n) is 4.67. The molecule has 1 aromatic rings. The second kappa shape index (κ2) is 5.58. The van der Waals surface area contributed by atoms with Gasteiger partial charge in [-0.25, -0.2) is 13.4 Å². The summed E-state index contributed by atoms with van der Waals surface area (Å²) >= 11 is 5.66. The molecule has 90 valence electrons. The molecule has 0 amide bonds. The van der Waals surface area contributed by atoms with E-state index in [4.69, 9.17) is 16.4 Å². The molecular weight excluding hydrogens is 252 g/mol. The Hall–Kier alpha value is -0.690. The van der Waals surface area contributed by atoms with Gasteiger partial charge < -0.3 is 0 Å². The Morgan fingerprint density at radius 2 is 2.25 bits per heavy atom. The van der Waals surface area contributed by atoms with Gasteiger partial charge in [0.1, 0.15) is 10.0 Å². The Balaban J connectivity index is 2.75. The highest BCUT2D eigenvalue weighted by Gasteiger charge is 2.18.